The third-order valence-corrected chi connectivity index (χ3v) is 3.63. The molecule has 1 heterocycles. The highest BCUT2D eigenvalue weighted by atomic mass is 35.5. The molecule has 7 heteroatoms. The summed E-state index contributed by atoms with van der Waals surface area (Å²) >= 11 is 0. The molecule has 5 nitrogen and oxygen atoms in total. The zero-order chi connectivity index (χ0) is 15.4. The molecule has 1 aromatic rings. The first-order chi connectivity index (χ1) is 9.97. The second kappa shape index (κ2) is 8.10. The number of nitrogens with one attached hydrogen (secondary N) is 3. The van der Waals surface area contributed by atoms with Crippen LogP contribution in [0.4, 0.5) is 10.1 Å². The number of carbonyl (C=O) groups excluding carboxylic acids is 2. The molecule has 0 aromatic heterocycles. The van der Waals surface area contributed by atoms with Crippen LogP contribution >= 0.6 is 12.4 Å². The molecule has 0 radical (unpaired) electrons. The fourth-order valence-electron chi connectivity index (χ4n) is 2.45. The van der Waals surface area contributed by atoms with E-state index in [9.17, 15) is 14.0 Å². The van der Waals surface area contributed by atoms with Gasteiger partial charge in [0.25, 0.3) is 5.91 Å². The van der Waals surface area contributed by atoms with Crippen LogP contribution in [-0.4, -0.2) is 30.9 Å². The fraction of sp³-hybridized carbons (Fsp3) is 0.467. The van der Waals surface area contributed by atoms with E-state index in [2.05, 4.69) is 16.0 Å². The van der Waals surface area contributed by atoms with E-state index in [-0.39, 0.29) is 29.9 Å². The van der Waals surface area contributed by atoms with Gasteiger partial charge in [-0.2, -0.15) is 0 Å². The van der Waals surface area contributed by atoms with Crippen molar-refractivity contribution >= 4 is 29.9 Å². The summed E-state index contributed by atoms with van der Waals surface area (Å²) in [5, 5.41) is 8.67. The quantitative estimate of drug-likeness (QED) is 0.793. The molecule has 2 atom stereocenters. The molecule has 0 aliphatic carbocycles. The molecular formula is C15H21ClFN3O2. The molecule has 1 aliphatic heterocycles. The van der Waals surface area contributed by atoms with E-state index in [1.165, 1.54) is 25.1 Å². The Bertz CT molecular complexity index is 554. The summed E-state index contributed by atoms with van der Waals surface area (Å²) in [6.07, 6.45) is 0.819. The summed E-state index contributed by atoms with van der Waals surface area (Å²) in [6, 6.07) is 4.01. The molecule has 1 aromatic carbocycles. The Balaban J connectivity index is 0.00000242. The highest BCUT2D eigenvalue weighted by Crippen LogP contribution is 2.17. The van der Waals surface area contributed by atoms with Gasteiger partial charge in [0, 0.05) is 18.7 Å². The number of hydrogen-bond acceptors (Lipinski definition) is 3. The number of rotatable bonds is 3. The van der Waals surface area contributed by atoms with E-state index in [1.807, 2.05) is 6.92 Å². The Labute approximate surface area is 135 Å². The van der Waals surface area contributed by atoms with Gasteiger partial charge >= 0.3 is 0 Å². The lowest BCUT2D eigenvalue weighted by Gasteiger charge is -2.30. The van der Waals surface area contributed by atoms with E-state index >= 15 is 0 Å². The monoisotopic (exact) mass is 329 g/mol. The molecule has 3 N–H and O–H groups in total. The van der Waals surface area contributed by atoms with Crippen molar-refractivity contribution in [1.82, 2.24) is 10.6 Å². The largest absolute Gasteiger partial charge is 0.349 e. The van der Waals surface area contributed by atoms with Crippen LogP contribution in [0.25, 0.3) is 0 Å². The van der Waals surface area contributed by atoms with Crippen LogP contribution in [0.3, 0.4) is 0 Å². The number of piperidine rings is 1. The molecule has 1 aliphatic rings. The van der Waals surface area contributed by atoms with Crippen LogP contribution < -0.4 is 16.0 Å². The molecular weight excluding hydrogens is 309 g/mol. The summed E-state index contributed by atoms with van der Waals surface area (Å²) < 4.78 is 13.8. The van der Waals surface area contributed by atoms with Crippen LogP contribution in [0.1, 0.15) is 30.6 Å². The Morgan fingerprint density at radius 3 is 2.73 bits per heavy atom. The maximum absolute atomic E-state index is 13.8. The van der Waals surface area contributed by atoms with Crippen molar-refractivity contribution in [2.45, 2.75) is 26.3 Å². The SMILES string of the molecule is CC(=O)Nc1ccc(F)c(C(=O)NC2CCNCC2C)c1.Cl. The van der Waals surface area contributed by atoms with Gasteiger partial charge in [0.15, 0.2) is 0 Å². The third kappa shape index (κ3) is 4.68. The van der Waals surface area contributed by atoms with Crippen molar-refractivity contribution in [1.29, 1.82) is 0 Å². The van der Waals surface area contributed by atoms with Crippen molar-refractivity contribution in [2.75, 3.05) is 18.4 Å². The van der Waals surface area contributed by atoms with Crippen LogP contribution in [-0.2, 0) is 4.79 Å². The molecule has 2 amide bonds. The van der Waals surface area contributed by atoms with Crippen molar-refractivity contribution in [3.63, 3.8) is 0 Å². The molecule has 1 fully saturated rings. The second-order valence-electron chi connectivity index (χ2n) is 5.43. The number of hydrogen-bond donors (Lipinski definition) is 3. The number of anilines is 1. The minimum atomic E-state index is -0.594. The summed E-state index contributed by atoms with van der Waals surface area (Å²) in [6.45, 7) is 5.07. The first-order valence-corrected chi connectivity index (χ1v) is 7.06. The summed E-state index contributed by atoms with van der Waals surface area (Å²) in [5.41, 5.74) is 0.361. The van der Waals surface area contributed by atoms with Crippen molar-refractivity contribution < 1.29 is 14.0 Å². The first kappa shape index (κ1) is 18.4. The predicted octanol–water partition coefficient (Wildman–Crippen LogP) is 1.93. The summed E-state index contributed by atoms with van der Waals surface area (Å²) in [5.74, 6) is -1.01. The van der Waals surface area contributed by atoms with Crippen molar-refractivity contribution in [3.05, 3.63) is 29.6 Å². The van der Waals surface area contributed by atoms with E-state index in [4.69, 9.17) is 0 Å². The molecule has 122 valence electrons. The zero-order valence-corrected chi connectivity index (χ0v) is 13.4. The molecule has 0 bridgehead atoms. The third-order valence-electron chi connectivity index (χ3n) is 3.63. The molecule has 1 saturated heterocycles. The van der Waals surface area contributed by atoms with Gasteiger partial charge in [0.2, 0.25) is 5.91 Å². The summed E-state index contributed by atoms with van der Waals surface area (Å²) in [7, 11) is 0. The standard InChI is InChI=1S/C15H20FN3O2.ClH/c1-9-8-17-6-5-14(9)19-15(21)12-7-11(18-10(2)20)3-4-13(12)16;/h3-4,7,9,14,17H,5-6,8H2,1-2H3,(H,18,20)(H,19,21);1H. The maximum atomic E-state index is 13.8. The van der Waals surface area contributed by atoms with Gasteiger partial charge in [-0.15, -0.1) is 12.4 Å². The van der Waals surface area contributed by atoms with Crippen molar-refractivity contribution in [3.8, 4) is 0 Å². The smallest absolute Gasteiger partial charge is 0.254 e. The minimum Gasteiger partial charge on any atom is -0.349 e. The number of amides is 2. The second-order valence-corrected chi connectivity index (χ2v) is 5.43. The lowest BCUT2D eigenvalue weighted by molar-refractivity contribution is -0.114. The number of benzene rings is 1. The van der Waals surface area contributed by atoms with Gasteiger partial charge in [0.1, 0.15) is 5.82 Å². The number of halogens is 2. The van der Waals surface area contributed by atoms with Crippen LogP contribution in [0, 0.1) is 11.7 Å². The van der Waals surface area contributed by atoms with Gasteiger partial charge in [0.05, 0.1) is 5.56 Å². The van der Waals surface area contributed by atoms with Crippen LogP contribution in [0.2, 0.25) is 0 Å². The van der Waals surface area contributed by atoms with E-state index in [0.29, 0.717) is 11.6 Å². The highest BCUT2D eigenvalue weighted by Gasteiger charge is 2.24. The molecule has 22 heavy (non-hydrogen) atoms. The van der Waals surface area contributed by atoms with Gasteiger partial charge in [-0.25, -0.2) is 4.39 Å². The van der Waals surface area contributed by atoms with Crippen molar-refractivity contribution in [2.24, 2.45) is 5.92 Å². The molecule has 0 saturated carbocycles. The Morgan fingerprint density at radius 1 is 1.36 bits per heavy atom. The van der Waals surface area contributed by atoms with Gasteiger partial charge < -0.3 is 16.0 Å². The minimum absolute atomic E-state index is 0. The Kier molecular flexibility index (Phi) is 6.77. The Morgan fingerprint density at radius 2 is 2.09 bits per heavy atom. The average molecular weight is 330 g/mol. The lowest BCUT2D eigenvalue weighted by atomic mass is 9.95. The predicted molar refractivity (Wildman–Crippen MR) is 85.9 cm³/mol. The molecule has 2 unspecified atom stereocenters. The first-order valence-electron chi connectivity index (χ1n) is 7.06. The van der Waals surface area contributed by atoms with Gasteiger partial charge in [-0.05, 0) is 43.6 Å². The molecule has 2 rings (SSSR count). The topological polar surface area (TPSA) is 70.2 Å². The zero-order valence-electron chi connectivity index (χ0n) is 12.6. The van der Waals surface area contributed by atoms with E-state index in [1.54, 1.807) is 0 Å². The summed E-state index contributed by atoms with van der Waals surface area (Å²) in [4.78, 5) is 23.3. The van der Waals surface area contributed by atoms with Gasteiger partial charge in [-0.3, -0.25) is 9.59 Å². The van der Waals surface area contributed by atoms with E-state index in [0.717, 1.165) is 19.5 Å². The average Bonchev–Trinajstić information content (AvgIpc) is 2.43. The lowest BCUT2D eigenvalue weighted by Crippen LogP contribution is -2.48. The number of carbonyl (C=O) groups is 2. The normalized spacial score (nSPS) is 20.7. The van der Waals surface area contributed by atoms with E-state index < -0.39 is 11.7 Å². The van der Waals surface area contributed by atoms with Crippen LogP contribution in [0.15, 0.2) is 18.2 Å². The maximum Gasteiger partial charge on any atom is 0.254 e. The van der Waals surface area contributed by atoms with Gasteiger partial charge in [-0.1, -0.05) is 6.92 Å². The highest BCUT2D eigenvalue weighted by molar-refractivity contribution is 5.97. The molecule has 0 spiro atoms. The Hall–Kier alpha value is -1.66. The fourth-order valence-corrected chi connectivity index (χ4v) is 2.45. The van der Waals surface area contributed by atoms with Crippen LogP contribution in [0.5, 0.6) is 0 Å².